The van der Waals surface area contributed by atoms with E-state index in [2.05, 4.69) is 71.8 Å². The number of aromatic nitrogens is 1. The summed E-state index contributed by atoms with van der Waals surface area (Å²) in [4.78, 5) is 3.62. The van der Waals surface area contributed by atoms with Crippen LogP contribution in [-0.2, 0) is 6.42 Å². The fourth-order valence-electron chi connectivity index (χ4n) is 3.51. The molecule has 2 aromatic carbocycles. The van der Waals surface area contributed by atoms with Crippen molar-refractivity contribution in [3.05, 3.63) is 71.4 Å². The van der Waals surface area contributed by atoms with Crippen LogP contribution in [0.25, 0.3) is 10.9 Å². The molecule has 112 valence electrons. The molecule has 3 unspecified atom stereocenters. The molecule has 4 N–H and O–H groups in total. The minimum absolute atomic E-state index is 0.119. The number of nitrogens with one attached hydrogen (secondary N) is 2. The number of H-pyrrole nitrogens is 1. The van der Waals surface area contributed by atoms with Gasteiger partial charge in [0.05, 0.1) is 6.04 Å². The maximum Gasteiger partial charge on any atom is 0.0735 e. The van der Waals surface area contributed by atoms with Crippen LogP contribution in [0, 0.1) is 0 Å². The molecule has 1 aromatic heterocycles. The van der Waals surface area contributed by atoms with Gasteiger partial charge in [0.15, 0.2) is 0 Å². The van der Waals surface area contributed by atoms with E-state index in [-0.39, 0.29) is 18.1 Å². The van der Waals surface area contributed by atoms with Crippen LogP contribution in [0.15, 0.2) is 54.6 Å². The minimum atomic E-state index is 0.119. The normalized spacial score (nSPS) is 22.5. The van der Waals surface area contributed by atoms with Crippen molar-refractivity contribution in [2.24, 2.45) is 5.73 Å². The summed E-state index contributed by atoms with van der Waals surface area (Å²) in [6.07, 6.45) is 0.973. The molecule has 3 nitrogen and oxygen atoms in total. The number of hydrogen-bond acceptors (Lipinski definition) is 2. The van der Waals surface area contributed by atoms with E-state index in [1.54, 1.807) is 0 Å². The maximum atomic E-state index is 6.20. The predicted octanol–water partition coefficient (Wildman–Crippen LogP) is 3.12. The second kappa shape index (κ2) is 5.27. The van der Waals surface area contributed by atoms with Crippen LogP contribution in [0.1, 0.15) is 29.8 Å². The molecule has 0 saturated heterocycles. The molecular formula is C19H21N3. The lowest BCUT2D eigenvalue weighted by atomic mass is 9.88. The number of nitrogens with two attached hydrogens (primary N) is 1. The summed E-state index contributed by atoms with van der Waals surface area (Å²) < 4.78 is 0. The molecule has 0 radical (unpaired) electrons. The van der Waals surface area contributed by atoms with Gasteiger partial charge in [-0.1, -0.05) is 48.5 Å². The van der Waals surface area contributed by atoms with Crippen molar-refractivity contribution in [3.8, 4) is 0 Å². The van der Waals surface area contributed by atoms with Crippen molar-refractivity contribution < 1.29 is 0 Å². The highest BCUT2D eigenvalue weighted by molar-refractivity contribution is 5.85. The first-order valence-electron chi connectivity index (χ1n) is 7.90. The molecule has 0 fully saturated rings. The summed E-state index contributed by atoms with van der Waals surface area (Å²) in [6, 6.07) is 19.7. The average Bonchev–Trinajstić information content (AvgIpc) is 2.93. The third-order valence-corrected chi connectivity index (χ3v) is 4.71. The van der Waals surface area contributed by atoms with Gasteiger partial charge >= 0.3 is 0 Å². The standard InChI is InChI=1S/C19H21N3/c1-12(20)17-11-15-14-9-5-6-10-16(14)21-19(15)18(22-17)13-7-3-2-4-8-13/h2-10,12,17-18,21-22H,11,20H2,1H3. The number of para-hydroxylation sites is 1. The monoisotopic (exact) mass is 291 g/mol. The van der Waals surface area contributed by atoms with Gasteiger partial charge in [-0.3, -0.25) is 0 Å². The van der Waals surface area contributed by atoms with Crippen LogP contribution < -0.4 is 11.1 Å². The van der Waals surface area contributed by atoms with Crippen LogP contribution in [0.4, 0.5) is 0 Å². The van der Waals surface area contributed by atoms with Crippen molar-refractivity contribution in [2.45, 2.75) is 31.5 Å². The second-order valence-corrected chi connectivity index (χ2v) is 6.24. The first-order chi connectivity index (χ1) is 10.7. The molecule has 1 aliphatic heterocycles. The summed E-state index contributed by atoms with van der Waals surface area (Å²) in [5, 5.41) is 5.05. The lowest BCUT2D eigenvalue weighted by Crippen LogP contribution is -2.49. The Hall–Kier alpha value is -2.10. The van der Waals surface area contributed by atoms with E-state index >= 15 is 0 Å². The number of benzene rings is 2. The molecule has 0 bridgehead atoms. The summed E-state index contributed by atoms with van der Waals surface area (Å²) in [6.45, 7) is 2.08. The number of fused-ring (bicyclic) bond motifs is 3. The Labute approximate surface area is 130 Å². The fourth-order valence-corrected chi connectivity index (χ4v) is 3.51. The predicted molar refractivity (Wildman–Crippen MR) is 90.9 cm³/mol. The molecule has 0 saturated carbocycles. The Morgan fingerprint density at radius 1 is 1.05 bits per heavy atom. The van der Waals surface area contributed by atoms with Gasteiger partial charge in [0.2, 0.25) is 0 Å². The SMILES string of the molecule is CC(N)C1Cc2c([nH]c3ccccc23)C(c2ccccc2)N1. The molecule has 22 heavy (non-hydrogen) atoms. The highest BCUT2D eigenvalue weighted by atomic mass is 15.0. The summed E-state index contributed by atoms with van der Waals surface area (Å²) in [5.41, 5.74) is 11.4. The van der Waals surface area contributed by atoms with Crippen molar-refractivity contribution in [1.82, 2.24) is 10.3 Å². The smallest absolute Gasteiger partial charge is 0.0735 e. The topological polar surface area (TPSA) is 53.8 Å². The third-order valence-electron chi connectivity index (χ3n) is 4.71. The van der Waals surface area contributed by atoms with Gasteiger partial charge in [0.25, 0.3) is 0 Å². The lowest BCUT2D eigenvalue weighted by Gasteiger charge is -2.34. The van der Waals surface area contributed by atoms with Crippen molar-refractivity contribution in [1.29, 1.82) is 0 Å². The molecule has 0 amide bonds. The van der Waals surface area contributed by atoms with E-state index in [0.717, 1.165) is 6.42 Å². The largest absolute Gasteiger partial charge is 0.357 e. The van der Waals surface area contributed by atoms with Gasteiger partial charge < -0.3 is 16.0 Å². The molecule has 3 heteroatoms. The molecular weight excluding hydrogens is 270 g/mol. The van der Waals surface area contributed by atoms with Crippen molar-refractivity contribution in [3.63, 3.8) is 0 Å². The van der Waals surface area contributed by atoms with Gasteiger partial charge in [0.1, 0.15) is 0 Å². The van der Waals surface area contributed by atoms with Crippen LogP contribution in [0.5, 0.6) is 0 Å². The van der Waals surface area contributed by atoms with E-state index in [4.69, 9.17) is 5.73 Å². The Morgan fingerprint density at radius 2 is 1.77 bits per heavy atom. The Kier molecular flexibility index (Phi) is 3.25. The Bertz CT molecular complexity index is 789. The minimum Gasteiger partial charge on any atom is -0.357 e. The zero-order valence-corrected chi connectivity index (χ0v) is 12.7. The van der Waals surface area contributed by atoms with Gasteiger partial charge in [-0.2, -0.15) is 0 Å². The maximum absolute atomic E-state index is 6.20. The molecule has 0 spiro atoms. The number of aromatic amines is 1. The van der Waals surface area contributed by atoms with Gasteiger partial charge in [-0.25, -0.2) is 0 Å². The highest BCUT2D eigenvalue weighted by Crippen LogP contribution is 2.35. The van der Waals surface area contributed by atoms with E-state index in [9.17, 15) is 0 Å². The molecule has 1 aliphatic rings. The summed E-state index contributed by atoms with van der Waals surface area (Å²) in [5.74, 6) is 0. The molecule has 2 heterocycles. The molecule has 3 aromatic rings. The first-order valence-corrected chi connectivity index (χ1v) is 7.90. The summed E-state index contributed by atoms with van der Waals surface area (Å²) >= 11 is 0. The van der Waals surface area contributed by atoms with Crippen LogP contribution in [0.3, 0.4) is 0 Å². The van der Waals surface area contributed by atoms with E-state index in [1.165, 1.54) is 27.7 Å². The fraction of sp³-hybridized carbons (Fsp3) is 0.263. The zero-order chi connectivity index (χ0) is 15.1. The van der Waals surface area contributed by atoms with Crippen molar-refractivity contribution >= 4 is 10.9 Å². The van der Waals surface area contributed by atoms with E-state index in [0.29, 0.717) is 0 Å². The van der Waals surface area contributed by atoms with E-state index < -0.39 is 0 Å². The second-order valence-electron chi connectivity index (χ2n) is 6.24. The lowest BCUT2D eigenvalue weighted by molar-refractivity contribution is 0.388. The first kappa shape index (κ1) is 13.6. The van der Waals surface area contributed by atoms with Crippen molar-refractivity contribution in [2.75, 3.05) is 0 Å². The molecule has 0 aliphatic carbocycles. The Morgan fingerprint density at radius 3 is 2.55 bits per heavy atom. The van der Waals surface area contributed by atoms with Crippen LogP contribution >= 0.6 is 0 Å². The number of rotatable bonds is 2. The van der Waals surface area contributed by atoms with Gasteiger partial charge in [-0.05, 0) is 30.5 Å². The molecule has 4 rings (SSSR count). The zero-order valence-electron chi connectivity index (χ0n) is 12.7. The third kappa shape index (κ3) is 2.14. The number of hydrogen-bond donors (Lipinski definition) is 3. The van der Waals surface area contributed by atoms with Gasteiger partial charge in [-0.15, -0.1) is 0 Å². The van der Waals surface area contributed by atoms with Crippen LogP contribution in [-0.4, -0.2) is 17.1 Å². The quantitative estimate of drug-likeness (QED) is 0.679. The average molecular weight is 291 g/mol. The van der Waals surface area contributed by atoms with Crippen LogP contribution in [0.2, 0.25) is 0 Å². The molecule has 3 atom stereocenters. The Balaban J connectivity index is 1.89. The summed E-state index contributed by atoms with van der Waals surface area (Å²) in [7, 11) is 0. The highest BCUT2D eigenvalue weighted by Gasteiger charge is 2.31. The van der Waals surface area contributed by atoms with E-state index in [1.807, 2.05) is 0 Å². The van der Waals surface area contributed by atoms with Gasteiger partial charge in [0, 0.05) is 28.7 Å².